The van der Waals surface area contributed by atoms with Crippen molar-refractivity contribution in [1.82, 2.24) is 5.32 Å². The Hall–Kier alpha value is 1.60. The second-order valence-electron chi connectivity index (χ2n) is 0.500. The number of hydrogen-bond donors (Lipinski definition) is 1. The molecule has 0 aromatic carbocycles. The van der Waals surface area contributed by atoms with Crippen molar-refractivity contribution in [1.29, 1.82) is 0 Å². The van der Waals surface area contributed by atoms with Crippen LogP contribution in [0.25, 0.3) is 0 Å². The molecule has 0 radical (unpaired) electrons. The predicted molar refractivity (Wildman–Crippen MR) is 16.1 cm³/mol. The fraction of sp³-hybridized carbons (Fsp3) is 1.00. The third-order valence-corrected chi connectivity index (χ3v) is 0. The molecule has 0 spiro atoms. The van der Waals surface area contributed by atoms with Gasteiger partial charge in [-0.05, 0) is 14.1 Å². The van der Waals surface area contributed by atoms with Crippen LogP contribution in [0.1, 0.15) is 1.43 Å². The molecule has 0 fully saturated rings. The van der Waals surface area contributed by atoms with Gasteiger partial charge in [0.1, 0.15) is 0 Å². The molecular formula is C2H8KN. The zero-order valence-corrected chi connectivity index (χ0v) is 6.62. The summed E-state index contributed by atoms with van der Waals surface area (Å²) in [5.74, 6) is 0. The molecule has 0 aliphatic heterocycles. The van der Waals surface area contributed by atoms with Crippen LogP contribution in [0.15, 0.2) is 0 Å². The van der Waals surface area contributed by atoms with Gasteiger partial charge >= 0.3 is 51.4 Å². The van der Waals surface area contributed by atoms with Gasteiger partial charge in [-0.3, -0.25) is 0 Å². The molecule has 0 bridgehead atoms. The van der Waals surface area contributed by atoms with Crippen LogP contribution in [0.3, 0.4) is 0 Å². The fourth-order valence-corrected chi connectivity index (χ4v) is 0. The Balaban J connectivity index is -0.0000000200. The first-order valence-electron chi connectivity index (χ1n) is 1.00. The second kappa shape index (κ2) is 8.82. The van der Waals surface area contributed by atoms with Crippen LogP contribution in [0.5, 0.6) is 0 Å². The van der Waals surface area contributed by atoms with Crippen molar-refractivity contribution in [3.63, 3.8) is 0 Å². The van der Waals surface area contributed by atoms with E-state index in [9.17, 15) is 0 Å². The van der Waals surface area contributed by atoms with Crippen molar-refractivity contribution in [3.8, 4) is 0 Å². The Morgan fingerprint density at radius 2 is 1.50 bits per heavy atom. The van der Waals surface area contributed by atoms with Gasteiger partial charge < -0.3 is 6.74 Å². The van der Waals surface area contributed by atoms with Crippen LogP contribution in [-0.2, 0) is 0 Å². The average molecular weight is 85.2 g/mol. The van der Waals surface area contributed by atoms with Crippen LogP contribution in [-0.4, -0.2) is 14.1 Å². The molecule has 0 aliphatic rings. The summed E-state index contributed by atoms with van der Waals surface area (Å²) in [4.78, 5) is 0. The number of rotatable bonds is 0. The summed E-state index contributed by atoms with van der Waals surface area (Å²) >= 11 is 0. The maximum Gasteiger partial charge on any atom is 1.00 e. The summed E-state index contributed by atoms with van der Waals surface area (Å²) in [6.45, 7) is 0. The van der Waals surface area contributed by atoms with Crippen LogP contribution in [0.2, 0.25) is 0 Å². The first-order valence-corrected chi connectivity index (χ1v) is 1.00. The molecule has 0 atom stereocenters. The van der Waals surface area contributed by atoms with Gasteiger partial charge in [-0.2, -0.15) is 0 Å². The van der Waals surface area contributed by atoms with Crippen molar-refractivity contribution in [2.24, 2.45) is 0 Å². The van der Waals surface area contributed by atoms with E-state index >= 15 is 0 Å². The minimum Gasteiger partial charge on any atom is -1.00 e. The smallest absolute Gasteiger partial charge is 1.00 e. The third kappa shape index (κ3) is 9.51. The van der Waals surface area contributed by atoms with E-state index in [0.29, 0.717) is 0 Å². The van der Waals surface area contributed by atoms with Crippen molar-refractivity contribution in [3.05, 3.63) is 0 Å². The van der Waals surface area contributed by atoms with Gasteiger partial charge in [0.05, 0.1) is 0 Å². The summed E-state index contributed by atoms with van der Waals surface area (Å²) in [6.07, 6.45) is 0. The van der Waals surface area contributed by atoms with Crippen LogP contribution in [0, 0.1) is 0 Å². The Morgan fingerprint density at radius 3 is 1.50 bits per heavy atom. The second-order valence-corrected chi connectivity index (χ2v) is 0.500. The standard InChI is InChI=1S/C2H7N.K.H/c1-3-2;;/h3H,1-2H3;;/q;+1;-1. The zero-order valence-electron chi connectivity index (χ0n) is 4.50. The molecule has 0 heterocycles. The van der Waals surface area contributed by atoms with Gasteiger partial charge in [0.2, 0.25) is 0 Å². The first-order chi connectivity index (χ1) is 1.41. The molecule has 22 valence electrons. The van der Waals surface area contributed by atoms with Gasteiger partial charge in [0.25, 0.3) is 0 Å². The quantitative estimate of drug-likeness (QED) is 0.308. The molecule has 0 saturated carbocycles. The topological polar surface area (TPSA) is 12.0 Å². The molecule has 0 amide bonds. The SMILES string of the molecule is CNC.[H-].[K+]. The third-order valence-electron chi connectivity index (χ3n) is 0. The van der Waals surface area contributed by atoms with Gasteiger partial charge in [0.15, 0.2) is 0 Å². The summed E-state index contributed by atoms with van der Waals surface area (Å²) in [6, 6.07) is 0. The molecule has 0 aromatic rings. The van der Waals surface area contributed by atoms with Crippen LogP contribution < -0.4 is 56.7 Å². The Labute approximate surface area is 71.1 Å². The molecule has 4 heavy (non-hydrogen) atoms. The Kier molecular flexibility index (Phi) is 20.2. The van der Waals surface area contributed by atoms with Crippen molar-refractivity contribution < 1.29 is 52.8 Å². The maximum atomic E-state index is 2.75. The Bertz CT molecular complexity index is 9.61. The summed E-state index contributed by atoms with van der Waals surface area (Å²) in [7, 11) is 3.75. The zero-order chi connectivity index (χ0) is 2.71. The molecule has 0 rings (SSSR count). The minimum absolute atomic E-state index is 0. The van der Waals surface area contributed by atoms with E-state index in [2.05, 4.69) is 5.32 Å². The predicted octanol–water partition coefficient (Wildman–Crippen LogP) is -3.05. The average Bonchev–Trinajstić information content (AvgIpc) is 0.918. The van der Waals surface area contributed by atoms with Gasteiger partial charge in [-0.25, -0.2) is 0 Å². The first kappa shape index (κ1) is 9.14. The molecule has 2 heteroatoms. The fourth-order valence-electron chi connectivity index (χ4n) is 0. The number of nitrogens with one attached hydrogen (secondary N) is 1. The molecule has 0 aliphatic carbocycles. The van der Waals surface area contributed by atoms with Gasteiger partial charge in [-0.1, -0.05) is 0 Å². The van der Waals surface area contributed by atoms with E-state index in [1.54, 1.807) is 0 Å². The van der Waals surface area contributed by atoms with E-state index < -0.39 is 0 Å². The largest absolute Gasteiger partial charge is 1.00 e. The molecule has 0 aromatic heterocycles. The van der Waals surface area contributed by atoms with Crippen molar-refractivity contribution in [2.45, 2.75) is 0 Å². The van der Waals surface area contributed by atoms with Gasteiger partial charge in [-0.15, -0.1) is 0 Å². The summed E-state index contributed by atoms with van der Waals surface area (Å²) < 4.78 is 0. The molecule has 1 N–H and O–H groups in total. The van der Waals surface area contributed by atoms with Crippen LogP contribution >= 0.6 is 0 Å². The monoisotopic (exact) mass is 85.0 g/mol. The molecule has 0 unspecified atom stereocenters. The molecular weight excluding hydrogens is 77.1 g/mol. The Morgan fingerprint density at radius 1 is 1.50 bits per heavy atom. The van der Waals surface area contributed by atoms with Crippen molar-refractivity contribution in [2.75, 3.05) is 14.1 Å². The normalized spacial score (nSPS) is 4.50. The van der Waals surface area contributed by atoms with E-state index in [4.69, 9.17) is 0 Å². The summed E-state index contributed by atoms with van der Waals surface area (Å²) in [5, 5.41) is 2.75. The van der Waals surface area contributed by atoms with E-state index in [1.807, 2.05) is 14.1 Å². The number of hydrogen-bond acceptors (Lipinski definition) is 1. The van der Waals surface area contributed by atoms with Crippen molar-refractivity contribution >= 4 is 0 Å². The van der Waals surface area contributed by atoms with Crippen LogP contribution in [0.4, 0.5) is 0 Å². The van der Waals surface area contributed by atoms with E-state index in [0.717, 1.165) is 0 Å². The van der Waals surface area contributed by atoms with Gasteiger partial charge in [0, 0.05) is 0 Å². The molecule has 1 nitrogen and oxygen atoms in total. The molecule has 0 saturated heterocycles. The maximum absolute atomic E-state index is 2.75. The minimum atomic E-state index is 0. The summed E-state index contributed by atoms with van der Waals surface area (Å²) in [5.41, 5.74) is 0. The van der Waals surface area contributed by atoms with E-state index in [1.165, 1.54) is 0 Å². The van der Waals surface area contributed by atoms with E-state index in [-0.39, 0.29) is 52.8 Å².